The number of carbonyl (C=O) groups excluding carboxylic acids is 1. The molecular formula is C21H27N3O3S. The van der Waals surface area contributed by atoms with Crippen molar-refractivity contribution in [2.75, 3.05) is 0 Å². The van der Waals surface area contributed by atoms with Crippen molar-refractivity contribution in [3.8, 4) is 0 Å². The van der Waals surface area contributed by atoms with Crippen LogP contribution in [0.5, 0.6) is 0 Å². The molecule has 0 radical (unpaired) electrons. The fraction of sp³-hybridized carbons (Fsp3) is 0.429. The Kier molecular flexibility index (Phi) is 8.32. The summed E-state index contributed by atoms with van der Waals surface area (Å²) in [6, 6.07) is 8.68. The zero-order valence-corrected chi connectivity index (χ0v) is 17.4. The Bertz CT molecular complexity index is 941. The zero-order chi connectivity index (χ0) is 20.5. The van der Waals surface area contributed by atoms with Crippen LogP contribution in [0.15, 0.2) is 40.9 Å². The Labute approximate surface area is 168 Å². The summed E-state index contributed by atoms with van der Waals surface area (Å²) in [5.74, 6) is 0.138. The zero-order valence-electron chi connectivity index (χ0n) is 16.6. The highest BCUT2D eigenvalue weighted by Gasteiger charge is 2.27. The molecule has 1 saturated carbocycles. The molecule has 0 atom stereocenters. The van der Waals surface area contributed by atoms with Crippen LogP contribution in [0.4, 0.5) is 5.69 Å². The van der Waals surface area contributed by atoms with E-state index in [2.05, 4.69) is 28.5 Å². The molecule has 2 aromatic rings. The topological polar surface area (TPSA) is 88.5 Å². The van der Waals surface area contributed by atoms with Crippen molar-refractivity contribution in [1.29, 1.82) is 0 Å². The lowest BCUT2D eigenvalue weighted by atomic mass is 10.1. The number of aromatic nitrogens is 1. The lowest BCUT2D eigenvalue weighted by Crippen LogP contribution is -2.23. The van der Waals surface area contributed by atoms with Gasteiger partial charge in [0, 0.05) is 24.4 Å². The molecule has 6 nitrogen and oxygen atoms in total. The number of hydrogen-bond acceptors (Lipinski definition) is 5. The average molecular weight is 402 g/mol. The van der Waals surface area contributed by atoms with E-state index < -0.39 is 10.5 Å². The predicted molar refractivity (Wildman–Crippen MR) is 110 cm³/mol. The predicted octanol–water partition coefficient (Wildman–Crippen LogP) is 4.70. The molecule has 7 heteroatoms. The number of pyridine rings is 1. The molecule has 0 saturated heterocycles. The van der Waals surface area contributed by atoms with Gasteiger partial charge in [0.25, 0.3) is 5.91 Å². The number of aryl methyl sites for hydroxylation is 1. The largest absolute Gasteiger partial charge is 0.348 e. The van der Waals surface area contributed by atoms with Gasteiger partial charge in [-0.3, -0.25) is 9.78 Å². The first-order valence-electron chi connectivity index (χ1n) is 9.60. The first kappa shape index (κ1) is 21.8. The first-order valence-corrected chi connectivity index (χ1v) is 10.6. The number of hydrogen-bond donors (Lipinski definition) is 1. The molecule has 28 heavy (non-hydrogen) atoms. The van der Waals surface area contributed by atoms with Crippen molar-refractivity contribution < 1.29 is 13.2 Å². The molecule has 1 amide bonds. The minimum atomic E-state index is -2.61. The second-order valence-electron chi connectivity index (χ2n) is 6.83. The van der Waals surface area contributed by atoms with Gasteiger partial charge in [0.2, 0.25) is 0 Å². The quantitative estimate of drug-likeness (QED) is 0.760. The van der Waals surface area contributed by atoms with E-state index in [-0.39, 0.29) is 17.2 Å². The lowest BCUT2D eigenvalue weighted by molar-refractivity contribution is 0.0951. The maximum atomic E-state index is 12.5. The van der Waals surface area contributed by atoms with Gasteiger partial charge in [0.05, 0.1) is 11.3 Å². The molecule has 0 spiro atoms. The van der Waals surface area contributed by atoms with E-state index in [0.29, 0.717) is 12.5 Å². The van der Waals surface area contributed by atoms with Gasteiger partial charge in [0.1, 0.15) is 0 Å². The molecule has 1 aliphatic rings. The standard InChI is InChI=1S/C17H17N3O3S.C4H10/c1-11-4-7-15(20-24(22)23)14(9-11)17(21)19-10-13-3-2-8-18-16(13)12-5-6-12;1-3-4-2/h2-4,7-9,12H,5-6,10H2,1H3,(H,19,21);3-4H2,1-2H3. The van der Waals surface area contributed by atoms with Crippen LogP contribution in [0.3, 0.4) is 0 Å². The molecule has 1 heterocycles. The van der Waals surface area contributed by atoms with E-state index in [1.54, 1.807) is 18.3 Å². The van der Waals surface area contributed by atoms with Gasteiger partial charge in [-0.05, 0) is 43.5 Å². The summed E-state index contributed by atoms with van der Waals surface area (Å²) in [5.41, 5.74) is 3.27. The van der Waals surface area contributed by atoms with E-state index in [0.717, 1.165) is 29.7 Å². The minimum Gasteiger partial charge on any atom is -0.348 e. The molecule has 0 aliphatic heterocycles. The summed E-state index contributed by atoms with van der Waals surface area (Å²) < 4.78 is 25.1. The van der Waals surface area contributed by atoms with E-state index in [9.17, 15) is 13.2 Å². The van der Waals surface area contributed by atoms with E-state index in [1.165, 1.54) is 18.9 Å². The number of amides is 1. The van der Waals surface area contributed by atoms with Crippen molar-refractivity contribution in [2.24, 2.45) is 4.36 Å². The van der Waals surface area contributed by atoms with Gasteiger partial charge in [-0.1, -0.05) is 44.4 Å². The fourth-order valence-electron chi connectivity index (χ4n) is 2.59. The van der Waals surface area contributed by atoms with Crippen LogP contribution in [-0.2, 0) is 17.0 Å². The Morgan fingerprint density at radius 3 is 2.54 bits per heavy atom. The molecule has 0 unspecified atom stereocenters. The van der Waals surface area contributed by atoms with Gasteiger partial charge in [-0.2, -0.15) is 8.42 Å². The number of unbranched alkanes of at least 4 members (excludes halogenated alkanes) is 1. The lowest BCUT2D eigenvalue weighted by Gasteiger charge is -2.10. The molecule has 1 N–H and O–H groups in total. The summed E-state index contributed by atoms with van der Waals surface area (Å²) in [4.78, 5) is 16.9. The van der Waals surface area contributed by atoms with Crippen LogP contribution >= 0.6 is 0 Å². The molecule has 1 aromatic heterocycles. The molecule has 1 aliphatic carbocycles. The van der Waals surface area contributed by atoms with Crippen molar-refractivity contribution >= 4 is 22.1 Å². The first-order chi connectivity index (χ1) is 13.5. The second-order valence-corrected chi connectivity index (χ2v) is 7.45. The second kappa shape index (κ2) is 10.7. The molecule has 1 fully saturated rings. The number of nitrogens with zero attached hydrogens (tertiary/aromatic N) is 2. The fourth-order valence-corrected chi connectivity index (χ4v) is 2.91. The van der Waals surface area contributed by atoms with Gasteiger partial charge in [-0.25, -0.2) is 0 Å². The third-order valence-corrected chi connectivity index (χ3v) is 4.74. The van der Waals surface area contributed by atoms with Crippen molar-refractivity contribution in [3.63, 3.8) is 0 Å². The Morgan fingerprint density at radius 1 is 1.21 bits per heavy atom. The van der Waals surface area contributed by atoms with Crippen LogP contribution in [-0.4, -0.2) is 19.3 Å². The molecule has 0 bridgehead atoms. The van der Waals surface area contributed by atoms with Crippen LogP contribution in [0, 0.1) is 6.92 Å². The van der Waals surface area contributed by atoms with Crippen LogP contribution in [0.2, 0.25) is 0 Å². The van der Waals surface area contributed by atoms with Gasteiger partial charge < -0.3 is 5.32 Å². The highest BCUT2D eigenvalue weighted by atomic mass is 32.2. The Morgan fingerprint density at radius 2 is 1.93 bits per heavy atom. The minimum absolute atomic E-state index is 0.139. The Hall–Kier alpha value is -2.54. The van der Waals surface area contributed by atoms with Crippen LogP contribution < -0.4 is 5.32 Å². The summed E-state index contributed by atoms with van der Waals surface area (Å²) in [7, 11) is -2.61. The molecule has 150 valence electrons. The highest BCUT2D eigenvalue weighted by Crippen LogP contribution is 2.40. The van der Waals surface area contributed by atoms with Crippen LogP contribution in [0.25, 0.3) is 0 Å². The maximum absolute atomic E-state index is 12.5. The van der Waals surface area contributed by atoms with E-state index in [4.69, 9.17) is 0 Å². The smallest absolute Gasteiger partial charge is 0.316 e. The summed E-state index contributed by atoms with van der Waals surface area (Å²) in [6.45, 7) is 6.55. The third-order valence-electron chi connectivity index (χ3n) is 4.40. The average Bonchev–Trinajstić information content (AvgIpc) is 3.53. The summed E-state index contributed by atoms with van der Waals surface area (Å²) in [6.07, 6.45) is 6.67. The van der Waals surface area contributed by atoms with Crippen molar-refractivity contribution in [2.45, 2.75) is 58.9 Å². The third kappa shape index (κ3) is 6.56. The van der Waals surface area contributed by atoms with Crippen LogP contribution in [0.1, 0.15) is 72.6 Å². The normalized spacial score (nSPS) is 12.5. The Balaban J connectivity index is 0.000000640. The van der Waals surface area contributed by atoms with Crippen molar-refractivity contribution in [1.82, 2.24) is 10.3 Å². The highest BCUT2D eigenvalue weighted by molar-refractivity contribution is 7.61. The number of nitrogens with one attached hydrogen (secondary N) is 1. The summed E-state index contributed by atoms with van der Waals surface area (Å²) >= 11 is 0. The number of carbonyl (C=O) groups is 1. The molecule has 1 aromatic carbocycles. The van der Waals surface area contributed by atoms with Gasteiger partial charge in [-0.15, -0.1) is 4.36 Å². The molecule has 3 rings (SSSR count). The van der Waals surface area contributed by atoms with Gasteiger partial charge >= 0.3 is 10.5 Å². The molecular weight excluding hydrogens is 374 g/mol. The number of rotatable bonds is 6. The SMILES string of the molecule is CCCC.Cc1ccc(N=S(=O)=O)c(C(=O)NCc2cccnc2C2CC2)c1. The number of benzene rings is 1. The maximum Gasteiger partial charge on any atom is 0.316 e. The monoisotopic (exact) mass is 401 g/mol. The van der Waals surface area contributed by atoms with E-state index in [1.807, 2.05) is 19.1 Å². The summed E-state index contributed by atoms with van der Waals surface area (Å²) in [5, 5.41) is 2.84. The van der Waals surface area contributed by atoms with E-state index >= 15 is 0 Å². The van der Waals surface area contributed by atoms with Crippen molar-refractivity contribution in [3.05, 3.63) is 58.9 Å². The van der Waals surface area contributed by atoms with Gasteiger partial charge in [0.15, 0.2) is 0 Å².